The maximum Gasteiger partial charge on any atom is 0.0775 e. The van der Waals surface area contributed by atoms with Gasteiger partial charge in [0.2, 0.25) is 0 Å². The zero-order valence-corrected chi connectivity index (χ0v) is 10.7. The highest BCUT2D eigenvalue weighted by Gasteiger charge is 2.21. The number of likely N-dealkylation sites (N-methyl/N-ethyl adjacent to an activating group) is 1. The number of ether oxygens (including phenoxy) is 1. The molecule has 86 valence electrons. The van der Waals surface area contributed by atoms with E-state index in [2.05, 4.69) is 36.7 Å². The molecule has 0 amide bonds. The normalized spacial score (nSPS) is 15.1. The second-order valence-electron chi connectivity index (χ2n) is 4.01. The molecule has 0 saturated carbocycles. The monoisotopic (exact) mass is 227 g/mol. The van der Waals surface area contributed by atoms with E-state index in [0.29, 0.717) is 0 Å². The summed E-state index contributed by atoms with van der Waals surface area (Å²) in [5.41, 5.74) is -0.0218. The Balaban J connectivity index is 2.28. The molecule has 0 aliphatic rings. The molecule has 3 heteroatoms. The summed E-state index contributed by atoms with van der Waals surface area (Å²) in [4.78, 5) is 1.40. The summed E-state index contributed by atoms with van der Waals surface area (Å²) in [5.74, 6) is 0. The van der Waals surface area contributed by atoms with E-state index in [1.54, 1.807) is 11.3 Å². The van der Waals surface area contributed by atoms with Gasteiger partial charge in [-0.1, -0.05) is 13.0 Å². The third-order valence-corrected chi connectivity index (χ3v) is 3.61. The predicted octanol–water partition coefficient (Wildman–Crippen LogP) is 2.70. The molecule has 0 aliphatic heterocycles. The van der Waals surface area contributed by atoms with Gasteiger partial charge in [0.05, 0.1) is 12.2 Å². The van der Waals surface area contributed by atoms with Crippen LogP contribution in [0.5, 0.6) is 0 Å². The van der Waals surface area contributed by atoms with Crippen molar-refractivity contribution in [3.8, 4) is 0 Å². The number of thiophene rings is 1. The fraction of sp³-hybridized carbons (Fsp3) is 0.667. The van der Waals surface area contributed by atoms with Crippen LogP contribution in [0.25, 0.3) is 0 Å². The Bertz CT molecular complexity index is 261. The SMILES string of the molecule is CCC(C)(CNC)OCCc1cccs1. The molecule has 0 aromatic carbocycles. The van der Waals surface area contributed by atoms with E-state index in [1.807, 2.05) is 7.05 Å². The van der Waals surface area contributed by atoms with Crippen LogP contribution < -0.4 is 5.32 Å². The Labute approximate surface area is 96.7 Å². The van der Waals surface area contributed by atoms with Crippen LogP contribution in [0.1, 0.15) is 25.1 Å². The molecule has 1 aromatic heterocycles. The Kier molecular flexibility index (Phi) is 5.29. The zero-order valence-electron chi connectivity index (χ0n) is 9.88. The average Bonchev–Trinajstić information content (AvgIpc) is 2.71. The molecule has 0 bridgehead atoms. The summed E-state index contributed by atoms with van der Waals surface area (Å²) in [7, 11) is 1.97. The van der Waals surface area contributed by atoms with Gasteiger partial charge >= 0.3 is 0 Å². The van der Waals surface area contributed by atoms with E-state index in [9.17, 15) is 0 Å². The van der Waals surface area contributed by atoms with Crippen LogP contribution in [0.15, 0.2) is 17.5 Å². The first-order valence-corrected chi connectivity index (χ1v) is 6.39. The highest BCUT2D eigenvalue weighted by Crippen LogP contribution is 2.16. The fourth-order valence-electron chi connectivity index (χ4n) is 1.50. The molecule has 0 spiro atoms. The lowest BCUT2D eigenvalue weighted by Crippen LogP contribution is -2.39. The van der Waals surface area contributed by atoms with Gasteiger partial charge in [-0.3, -0.25) is 0 Å². The zero-order chi connectivity index (χ0) is 11.1. The molecule has 1 aromatic rings. The summed E-state index contributed by atoms with van der Waals surface area (Å²) in [5, 5.41) is 5.29. The van der Waals surface area contributed by atoms with Crippen LogP contribution in [0, 0.1) is 0 Å². The Morgan fingerprint density at radius 3 is 2.87 bits per heavy atom. The smallest absolute Gasteiger partial charge is 0.0775 e. The number of hydrogen-bond donors (Lipinski definition) is 1. The van der Waals surface area contributed by atoms with Crippen molar-refractivity contribution in [2.24, 2.45) is 0 Å². The van der Waals surface area contributed by atoms with Gasteiger partial charge in [-0.25, -0.2) is 0 Å². The van der Waals surface area contributed by atoms with E-state index in [1.165, 1.54) is 4.88 Å². The molecule has 1 unspecified atom stereocenters. The van der Waals surface area contributed by atoms with Gasteiger partial charge in [0.15, 0.2) is 0 Å². The minimum atomic E-state index is -0.0218. The van der Waals surface area contributed by atoms with Crippen LogP contribution in [-0.4, -0.2) is 25.8 Å². The van der Waals surface area contributed by atoms with Crippen LogP contribution in [0.3, 0.4) is 0 Å². The Morgan fingerprint density at radius 1 is 1.53 bits per heavy atom. The summed E-state index contributed by atoms with van der Waals surface area (Å²) in [6.45, 7) is 6.06. The second-order valence-corrected chi connectivity index (χ2v) is 5.04. The minimum Gasteiger partial charge on any atom is -0.374 e. The van der Waals surface area contributed by atoms with Crippen molar-refractivity contribution >= 4 is 11.3 Å². The van der Waals surface area contributed by atoms with Gasteiger partial charge in [0.1, 0.15) is 0 Å². The van der Waals surface area contributed by atoms with E-state index < -0.39 is 0 Å². The van der Waals surface area contributed by atoms with E-state index in [-0.39, 0.29) is 5.60 Å². The third kappa shape index (κ3) is 4.33. The first-order chi connectivity index (χ1) is 7.20. The molecule has 0 saturated heterocycles. The lowest BCUT2D eigenvalue weighted by molar-refractivity contribution is -0.0302. The second kappa shape index (κ2) is 6.26. The number of hydrogen-bond acceptors (Lipinski definition) is 3. The molecule has 0 radical (unpaired) electrons. The van der Waals surface area contributed by atoms with Gasteiger partial charge in [-0.15, -0.1) is 11.3 Å². The van der Waals surface area contributed by atoms with Gasteiger partial charge in [-0.05, 0) is 31.8 Å². The predicted molar refractivity (Wildman–Crippen MR) is 66.6 cm³/mol. The Morgan fingerprint density at radius 2 is 2.33 bits per heavy atom. The van der Waals surface area contributed by atoms with Gasteiger partial charge in [-0.2, -0.15) is 0 Å². The van der Waals surface area contributed by atoms with Crippen LogP contribution in [0.2, 0.25) is 0 Å². The number of nitrogens with one attached hydrogen (secondary N) is 1. The molecule has 15 heavy (non-hydrogen) atoms. The molecule has 0 fully saturated rings. The van der Waals surface area contributed by atoms with E-state index >= 15 is 0 Å². The topological polar surface area (TPSA) is 21.3 Å². The van der Waals surface area contributed by atoms with Crippen LogP contribution in [0.4, 0.5) is 0 Å². The third-order valence-electron chi connectivity index (χ3n) is 2.68. The van der Waals surface area contributed by atoms with Gasteiger partial charge < -0.3 is 10.1 Å². The minimum absolute atomic E-state index is 0.0218. The Hall–Kier alpha value is -0.380. The van der Waals surface area contributed by atoms with E-state index in [4.69, 9.17) is 4.74 Å². The molecule has 1 atom stereocenters. The molecular weight excluding hydrogens is 206 g/mol. The largest absolute Gasteiger partial charge is 0.374 e. The molecule has 2 nitrogen and oxygen atoms in total. The number of rotatable bonds is 7. The average molecular weight is 227 g/mol. The standard InChI is InChI=1S/C12H21NOS/c1-4-12(2,10-13-3)14-8-7-11-6-5-9-15-11/h5-6,9,13H,4,7-8,10H2,1-3H3. The quantitative estimate of drug-likeness (QED) is 0.773. The van der Waals surface area contributed by atoms with Crippen molar-refractivity contribution < 1.29 is 4.74 Å². The van der Waals surface area contributed by atoms with Crippen LogP contribution in [-0.2, 0) is 11.2 Å². The van der Waals surface area contributed by atoms with Crippen LogP contribution >= 0.6 is 11.3 Å². The summed E-state index contributed by atoms with van der Waals surface area (Å²) < 4.78 is 5.94. The lowest BCUT2D eigenvalue weighted by Gasteiger charge is -2.28. The first kappa shape index (κ1) is 12.7. The highest BCUT2D eigenvalue weighted by atomic mass is 32.1. The molecule has 0 aliphatic carbocycles. The van der Waals surface area contributed by atoms with Crippen molar-refractivity contribution in [1.82, 2.24) is 5.32 Å². The van der Waals surface area contributed by atoms with E-state index in [0.717, 1.165) is 26.0 Å². The first-order valence-electron chi connectivity index (χ1n) is 5.51. The van der Waals surface area contributed by atoms with Crippen molar-refractivity contribution in [3.63, 3.8) is 0 Å². The van der Waals surface area contributed by atoms with Crippen molar-refractivity contribution in [1.29, 1.82) is 0 Å². The summed E-state index contributed by atoms with van der Waals surface area (Å²) in [6.07, 6.45) is 2.06. The molecular formula is C12H21NOS. The lowest BCUT2D eigenvalue weighted by atomic mass is 10.0. The molecule has 1 rings (SSSR count). The highest BCUT2D eigenvalue weighted by molar-refractivity contribution is 7.09. The van der Waals surface area contributed by atoms with Crippen molar-refractivity contribution in [3.05, 3.63) is 22.4 Å². The maximum atomic E-state index is 5.94. The maximum absolute atomic E-state index is 5.94. The van der Waals surface area contributed by atoms with Gasteiger partial charge in [0, 0.05) is 17.8 Å². The van der Waals surface area contributed by atoms with Crippen molar-refractivity contribution in [2.45, 2.75) is 32.3 Å². The van der Waals surface area contributed by atoms with Gasteiger partial charge in [0.25, 0.3) is 0 Å². The summed E-state index contributed by atoms with van der Waals surface area (Å²) in [6, 6.07) is 4.25. The summed E-state index contributed by atoms with van der Waals surface area (Å²) >= 11 is 1.80. The molecule has 1 N–H and O–H groups in total. The molecule has 1 heterocycles. The van der Waals surface area contributed by atoms with Crippen molar-refractivity contribution in [2.75, 3.05) is 20.2 Å². The fourth-order valence-corrected chi connectivity index (χ4v) is 2.20.